The van der Waals surface area contributed by atoms with Gasteiger partial charge in [-0.1, -0.05) is 18.2 Å². The zero-order chi connectivity index (χ0) is 22.0. The van der Waals surface area contributed by atoms with Crippen LogP contribution in [0.1, 0.15) is 18.5 Å². The number of fused-ring (bicyclic) bond motifs is 1. The van der Waals surface area contributed by atoms with Crippen molar-refractivity contribution in [2.24, 2.45) is 7.05 Å². The fourth-order valence-electron chi connectivity index (χ4n) is 4.21. The van der Waals surface area contributed by atoms with Gasteiger partial charge < -0.3 is 9.47 Å². The lowest BCUT2D eigenvalue weighted by molar-refractivity contribution is 0.250. The molecule has 0 aliphatic carbocycles. The molecule has 8 heteroatoms. The first-order chi connectivity index (χ1) is 15.0. The summed E-state index contributed by atoms with van der Waals surface area (Å²) in [6.07, 6.45) is 1.68. The predicted molar refractivity (Wildman–Crippen MR) is 123 cm³/mol. The van der Waals surface area contributed by atoms with Gasteiger partial charge in [-0.2, -0.15) is 0 Å². The number of H-pyrrole nitrogens is 1. The highest BCUT2D eigenvalue weighted by Crippen LogP contribution is 2.15. The van der Waals surface area contributed by atoms with Gasteiger partial charge in [0.15, 0.2) is 0 Å². The van der Waals surface area contributed by atoms with Crippen molar-refractivity contribution >= 4 is 16.5 Å². The number of hydrogen-bond donors (Lipinski definition) is 1. The minimum Gasteiger partial charge on any atom is -0.369 e. The van der Waals surface area contributed by atoms with E-state index in [1.54, 1.807) is 20.0 Å². The first-order valence-corrected chi connectivity index (χ1v) is 10.8. The zero-order valence-corrected chi connectivity index (χ0v) is 18.1. The number of nitrogens with zero attached hydrogens (tertiary/aromatic N) is 4. The van der Waals surface area contributed by atoms with E-state index in [2.05, 4.69) is 39.2 Å². The van der Waals surface area contributed by atoms with E-state index in [4.69, 9.17) is 0 Å². The third kappa shape index (κ3) is 4.34. The fourth-order valence-corrected chi connectivity index (χ4v) is 4.21. The van der Waals surface area contributed by atoms with Crippen molar-refractivity contribution in [2.45, 2.75) is 26.3 Å². The summed E-state index contributed by atoms with van der Waals surface area (Å²) in [5.74, 6) is 0. The van der Waals surface area contributed by atoms with Crippen molar-refractivity contribution in [3.8, 4) is 0 Å². The summed E-state index contributed by atoms with van der Waals surface area (Å²) < 4.78 is 2.69. The Labute approximate surface area is 180 Å². The van der Waals surface area contributed by atoms with Gasteiger partial charge in [0.1, 0.15) is 5.39 Å². The van der Waals surface area contributed by atoms with Crippen LogP contribution in [0, 0.1) is 6.92 Å². The molecule has 31 heavy (non-hydrogen) atoms. The molecule has 1 fully saturated rings. The maximum Gasteiger partial charge on any atom is 0.278 e. The fraction of sp³-hybridized carbons (Fsp3) is 0.435. The molecular formula is C23H29N5O3. The van der Waals surface area contributed by atoms with Crippen LogP contribution in [0.5, 0.6) is 0 Å². The van der Waals surface area contributed by atoms with E-state index in [9.17, 15) is 14.4 Å². The number of pyridine rings is 1. The van der Waals surface area contributed by atoms with E-state index in [1.165, 1.54) is 14.9 Å². The quantitative estimate of drug-likeness (QED) is 0.605. The van der Waals surface area contributed by atoms with Crippen molar-refractivity contribution in [1.82, 2.24) is 19.2 Å². The molecule has 0 unspecified atom stereocenters. The number of nitrogens with one attached hydrogen (secondary N) is 1. The van der Waals surface area contributed by atoms with E-state index in [1.807, 2.05) is 6.07 Å². The first kappa shape index (κ1) is 21.1. The average molecular weight is 424 g/mol. The summed E-state index contributed by atoms with van der Waals surface area (Å²) in [6.45, 7) is 7.12. The smallest absolute Gasteiger partial charge is 0.278 e. The third-order valence-electron chi connectivity index (χ3n) is 6.21. The molecule has 1 saturated heterocycles. The highest BCUT2D eigenvalue weighted by atomic mass is 16.2. The number of aromatic amines is 1. The second-order valence-corrected chi connectivity index (χ2v) is 8.21. The summed E-state index contributed by atoms with van der Waals surface area (Å²) in [7, 11) is 1.61. The largest absolute Gasteiger partial charge is 0.369 e. The highest BCUT2D eigenvalue weighted by molar-refractivity contribution is 5.79. The molecule has 2 aromatic heterocycles. The van der Waals surface area contributed by atoms with Crippen molar-refractivity contribution in [3.63, 3.8) is 0 Å². The van der Waals surface area contributed by atoms with Crippen LogP contribution >= 0.6 is 0 Å². The second kappa shape index (κ2) is 8.93. The third-order valence-corrected chi connectivity index (χ3v) is 6.21. The van der Waals surface area contributed by atoms with Crippen LogP contribution in [0.2, 0.25) is 0 Å². The summed E-state index contributed by atoms with van der Waals surface area (Å²) >= 11 is 0. The normalized spacial score (nSPS) is 15.0. The molecule has 4 rings (SSSR count). The summed E-state index contributed by atoms with van der Waals surface area (Å²) in [5, 5.41) is 2.77. The van der Waals surface area contributed by atoms with Gasteiger partial charge in [0, 0.05) is 51.2 Å². The average Bonchev–Trinajstić information content (AvgIpc) is 2.79. The number of anilines is 1. The summed E-state index contributed by atoms with van der Waals surface area (Å²) in [4.78, 5) is 42.6. The lowest BCUT2D eigenvalue weighted by atomic mass is 10.2. The molecule has 0 saturated carbocycles. The number of piperazine rings is 1. The first-order valence-electron chi connectivity index (χ1n) is 10.8. The molecule has 3 aromatic rings. The van der Waals surface area contributed by atoms with E-state index < -0.39 is 16.7 Å². The Morgan fingerprint density at radius 3 is 2.29 bits per heavy atom. The lowest BCUT2D eigenvalue weighted by Crippen LogP contribution is -2.46. The van der Waals surface area contributed by atoms with Crippen LogP contribution in [0.15, 0.2) is 50.8 Å². The number of hydrogen-bond acceptors (Lipinski definition) is 5. The van der Waals surface area contributed by atoms with Gasteiger partial charge in [-0.05, 0) is 44.5 Å². The monoisotopic (exact) mass is 423 g/mol. The Balaban J connectivity index is 1.34. The van der Waals surface area contributed by atoms with Gasteiger partial charge in [0.2, 0.25) is 0 Å². The van der Waals surface area contributed by atoms with Crippen molar-refractivity contribution in [1.29, 1.82) is 0 Å². The Kier molecular flexibility index (Phi) is 6.08. The number of unbranched alkanes of at least 4 members (excludes halogenated alkanes) is 1. The molecule has 0 radical (unpaired) electrons. The second-order valence-electron chi connectivity index (χ2n) is 8.21. The van der Waals surface area contributed by atoms with Crippen LogP contribution in [-0.4, -0.2) is 52.0 Å². The minimum atomic E-state index is -0.424. The van der Waals surface area contributed by atoms with Crippen LogP contribution < -0.4 is 21.6 Å². The molecule has 1 aromatic carbocycles. The maximum atomic E-state index is 12.8. The Hall–Kier alpha value is -3.13. The molecule has 0 atom stereocenters. The minimum absolute atomic E-state index is 0.0334. The molecule has 0 spiro atoms. The maximum absolute atomic E-state index is 12.8. The SMILES string of the molecule is Cc1cc2c(=O)[nH]n(CCCCN3CCN(c4ccccc4)CC3)c(=O)c2c(=O)n1C. The van der Waals surface area contributed by atoms with Gasteiger partial charge in [-0.25, -0.2) is 4.68 Å². The van der Waals surface area contributed by atoms with Crippen LogP contribution in [0.3, 0.4) is 0 Å². The van der Waals surface area contributed by atoms with Crippen LogP contribution in [-0.2, 0) is 13.6 Å². The van der Waals surface area contributed by atoms with Gasteiger partial charge in [-0.3, -0.25) is 24.4 Å². The number of aromatic nitrogens is 3. The van der Waals surface area contributed by atoms with E-state index >= 15 is 0 Å². The molecule has 1 N–H and O–H groups in total. The van der Waals surface area contributed by atoms with Gasteiger partial charge in [0.25, 0.3) is 16.7 Å². The molecular weight excluding hydrogens is 394 g/mol. The summed E-state index contributed by atoms with van der Waals surface area (Å²) in [5.41, 5.74) is 0.672. The molecule has 3 heterocycles. The molecule has 8 nitrogen and oxygen atoms in total. The molecule has 0 bridgehead atoms. The number of para-hydroxylation sites is 1. The molecule has 1 aliphatic heterocycles. The highest BCUT2D eigenvalue weighted by Gasteiger charge is 2.17. The number of rotatable bonds is 6. The summed E-state index contributed by atoms with van der Waals surface area (Å²) in [6, 6.07) is 12.1. The molecule has 0 amide bonds. The number of aryl methyl sites for hydroxylation is 2. The van der Waals surface area contributed by atoms with E-state index in [0.717, 1.165) is 45.6 Å². The van der Waals surface area contributed by atoms with E-state index in [0.29, 0.717) is 12.2 Å². The van der Waals surface area contributed by atoms with Crippen molar-refractivity contribution in [2.75, 3.05) is 37.6 Å². The van der Waals surface area contributed by atoms with Gasteiger partial charge >= 0.3 is 0 Å². The Morgan fingerprint density at radius 1 is 0.903 bits per heavy atom. The predicted octanol–water partition coefficient (Wildman–Crippen LogP) is 1.30. The molecule has 164 valence electrons. The van der Waals surface area contributed by atoms with Crippen LogP contribution in [0.4, 0.5) is 5.69 Å². The van der Waals surface area contributed by atoms with Crippen LogP contribution in [0.25, 0.3) is 10.8 Å². The van der Waals surface area contributed by atoms with Gasteiger partial charge in [-0.15, -0.1) is 0 Å². The van der Waals surface area contributed by atoms with E-state index in [-0.39, 0.29) is 10.8 Å². The molecule has 1 aliphatic rings. The lowest BCUT2D eigenvalue weighted by Gasteiger charge is -2.36. The zero-order valence-electron chi connectivity index (χ0n) is 18.1. The Morgan fingerprint density at radius 2 is 1.58 bits per heavy atom. The van der Waals surface area contributed by atoms with Gasteiger partial charge in [0.05, 0.1) is 5.39 Å². The van der Waals surface area contributed by atoms with Crippen molar-refractivity contribution in [3.05, 3.63) is 73.2 Å². The van der Waals surface area contributed by atoms with Crippen molar-refractivity contribution < 1.29 is 0 Å². The standard InChI is InChI=1S/C23H29N5O3/c1-17-16-19-20(22(30)25(17)2)23(31)28(24-21(19)29)11-7-6-10-26-12-14-27(15-13-26)18-8-4-3-5-9-18/h3-5,8-9,16H,6-7,10-15H2,1-2H3,(H,24,29). The number of benzene rings is 1. The topological polar surface area (TPSA) is 83.3 Å². The Bertz CT molecular complexity index is 1230.